The van der Waals surface area contributed by atoms with E-state index in [9.17, 15) is 4.79 Å². The predicted octanol–water partition coefficient (Wildman–Crippen LogP) is 1.19. The summed E-state index contributed by atoms with van der Waals surface area (Å²) in [6, 6.07) is 0. The number of aromatic nitrogens is 4. The van der Waals surface area contributed by atoms with E-state index in [0.29, 0.717) is 42.5 Å². The van der Waals surface area contributed by atoms with Crippen LogP contribution in [0, 0.1) is 13.8 Å². The first-order valence-corrected chi connectivity index (χ1v) is 7.35. The van der Waals surface area contributed by atoms with Gasteiger partial charge in [0.05, 0.1) is 18.8 Å². The first-order valence-electron chi connectivity index (χ1n) is 7.35. The van der Waals surface area contributed by atoms with Crippen LogP contribution in [-0.2, 0) is 11.2 Å². The number of aryl methyl sites for hydroxylation is 3. The van der Waals surface area contributed by atoms with Gasteiger partial charge in [-0.3, -0.25) is 9.89 Å². The van der Waals surface area contributed by atoms with Gasteiger partial charge in [-0.25, -0.2) is 4.98 Å². The third-order valence-electron chi connectivity index (χ3n) is 3.77. The Kier molecular flexibility index (Phi) is 3.93. The van der Waals surface area contributed by atoms with Crippen molar-refractivity contribution in [2.75, 3.05) is 19.7 Å². The van der Waals surface area contributed by atoms with Crippen molar-refractivity contribution in [1.29, 1.82) is 0 Å². The number of nitrogens with one attached hydrogen (secondary N) is 1. The standard InChI is InChI=1S/C14H19N5O3/c1-4-11-15-13(17-16-11)10-7-19(5-6-21-10)14(20)12-8(2)18-22-9(12)3/h10H,4-7H2,1-3H3,(H,15,16,17)/t10-/m0/s1. The molecule has 1 aliphatic heterocycles. The number of carbonyl (C=O) groups excluding carboxylic acids is 1. The van der Waals surface area contributed by atoms with Crippen LogP contribution in [0.2, 0.25) is 0 Å². The SMILES string of the molecule is CCc1nc([C@@H]2CN(C(=O)c3c(C)noc3C)CCO2)n[nH]1. The number of nitrogens with zero attached hydrogens (tertiary/aromatic N) is 4. The van der Waals surface area contributed by atoms with Gasteiger partial charge in [0.1, 0.15) is 23.3 Å². The van der Waals surface area contributed by atoms with Gasteiger partial charge in [-0.05, 0) is 13.8 Å². The molecule has 0 aromatic carbocycles. The highest BCUT2D eigenvalue weighted by Crippen LogP contribution is 2.22. The first-order chi connectivity index (χ1) is 10.6. The summed E-state index contributed by atoms with van der Waals surface area (Å²) in [6.07, 6.45) is 0.469. The molecule has 3 heterocycles. The van der Waals surface area contributed by atoms with Crippen LogP contribution < -0.4 is 0 Å². The molecule has 1 fully saturated rings. The van der Waals surface area contributed by atoms with Gasteiger partial charge >= 0.3 is 0 Å². The number of carbonyl (C=O) groups is 1. The molecule has 1 N–H and O–H groups in total. The summed E-state index contributed by atoms with van der Waals surface area (Å²) in [6.45, 7) is 6.92. The van der Waals surface area contributed by atoms with Gasteiger partial charge in [0.2, 0.25) is 0 Å². The molecule has 0 bridgehead atoms. The Bertz CT molecular complexity index is 658. The van der Waals surface area contributed by atoms with E-state index in [-0.39, 0.29) is 12.0 Å². The molecular weight excluding hydrogens is 286 g/mol. The van der Waals surface area contributed by atoms with E-state index < -0.39 is 0 Å². The zero-order valence-electron chi connectivity index (χ0n) is 12.9. The van der Waals surface area contributed by atoms with Gasteiger partial charge in [0.15, 0.2) is 5.82 Å². The van der Waals surface area contributed by atoms with Crippen molar-refractivity contribution < 1.29 is 14.1 Å². The molecule has 1 saturated heterocycles. The second-order valence-corrected chi connectivity index (χ2v) is 5.30. The van der Waals surface area contributed by atoms with Crippen molar-refractivity contribution in [3.8, 4) is 0 Å². The zero-order valence-corrected chi connectivity index (χ0v) is 12.9. The van der Waals surface area contributed by atoms with Crippen molar-refractivity contribution in [3.63, 3.8) is 0 Å². The van der Waals surface area contributed by atoms with Crippen molar-refractivity contribution >= 4 is 5.91 Å². The smallest absolute Gasteiger partial charge is 0.259 e. The predicted molar refractivity (Wildman–Crippen MR) is 76.3 cm³/mol. The Morgan fingerprint density at radius 2 is 2.27 bits per heavy atom. The molecule has 22 heavy (non-hydrogen) atoms. The van der Waals surface area contributed by atoms with Crippen LogP contribution in [0.1, 0.15) is 46.5 Å². The molecule has 0 aliphatic carbocycles. The van der Waals surface area contributed by atoms with Crippen molar-refractivity contribution in [3.05, 3.63) is 28.7 Å². The largest absolute Gasteiger partial charge is 0.366 e. The normalized spacial score (nSPS) is 18.7. The number of rotatable bonds is 3. The molecular formula is C14H19N5O3. The minimum Gasteiger partial charge on any atom is -0.366 e. The van der Waals surface area contributed by atoms with Crippen LogP contribution in [0.5, 0.6) is 0 Å². The number of ether oxygens (including phenoxy) is 1. The van der Waals surface area contributed by atoms with Gasteiger partial charge in [-0.1, -0.05) is 12.1 Å². The third-order valence-corrected chi connectivity index (χ3v) is 3.77. The maximum absolute atomic E-state index is 12.7. The van der Waals surface area contributed by atoms with E-state index in [2.05, 4.69) is 20.3 Å². The van der Waals surface area contributed by atoms with E-state index in [1.807, 2.05) is 6.92 Å². The average Bonchev–Trinajstić information content (AvgIpc) is 3.14. The second-order valence-electron chi connectivity index (χ2n) is 5.30. The van der Waals surface area contributed by atoms with Crippen LogP contribution in [0.4, 0.5) is 0 Å². The van der Waals surface area contributed by atoms with Gasteiger partial charge in [0, 0.05) is 13.0 Å². The van der Waals surface area contributed by atoms with Gasteiger partial charge < -0.3 is 14.2 Å². The number of aromatic amines is 1. The lowest BCUT2D eigenvalue weighted by Crippen LogP contribution is -2.42. The van der Waals surface area contributed by atoms with E-state index in [1.54, 1.807) is 18.7 Å². The lowest BCUT2D eigenvalue weighted by atomic mass is 10.1. The minimum absolute atomic E-state index is 0.0872. The van der Waals surface area contributed by atoms with Crippen LogP contribution in [0.15, 0.2) is 4.52 Å². The summed E-state index contributed by atoms with van der Waals surface area (Å²) in [5, 5.41) is 10.9. The number of hydrogen-bond donors (Lipinski definition) is 1. The lowest BCUT2D eigenvalue weighted by molar-refractivity contribution is -0.0267. The molecule has 1 atom stereocenters. The molecule has 0 spiro atoms. The summed E-state index contributed by atoms with van der Waals surface area (Å²) in [4.78, 5) is 18.8. The number of H-pyrrole nitrogens is 1. The maximum atomic E-state index is 12.7. The van der Waals surface area contributed by atoms with Gasteiger partial charge in [0.25, 0.3) is 5.91 Å². The van der Waals surface area contributed by atoms with E-state index in [1.165, 1.54) is 0 Å². The molecule has 118 valence electrons. The molecule has 3 rings (SSSR count). The zero-order chi connectivity index (χ0) is 15.7. The van der Waals surface area contributed by atoms with Crippen LogP contribution >= 0.6 is 0 Å². The first kappa shape index (κ1) is 14.7. The van der Waals surface area contributed by atoms with Crippen LogP contribution in [0.25, 0.3) is 0 Å². The summed E-state index contributed by atoms with van der Waals surface area (Å²) < 4.78 is 10.8. The second kappa shape index (κ2) is 5.88. The maximum Gasteiger partial charge on any atom is 0.259 e. The number of morpholine rings is 1. The molecule has 8 nitrogen and oxygen atoms in total. The highest BCUT2D eigenvalue weighted by atomic mass is 16.5. The van der Waals surface area contributed by atoms with Gasteiger partial charge in [-0.2, -0.15) is 5.10 Å². The highest BCUT2D eigenvalue weighted by Gasteiger charge is 2.31. The highest BCUT2D eigenvalue weighted by molar-refractivity contribution is 5.96. The Morgan fingerprint density at radius 3 is 2.91 bits per heavy atom. The number of amides is 1. The van der Waals surface area contributed by atoms with Crippen LogP contribution in [-0.4, -0.2) is 50.8 Å². The molecule has 1 amide bonds. The summed E-state index contributed by atoms with van der Waals surface area (Å²) in [5.74, 6) is 1.85. The van der Waals surface area contributed by atoms with Crippen molar-refractivity contribution in [2.45, 2.75) is 33.3 Å². The molecule has 0 saturated carbocycles. The Morgan fingerprint density at radius 1 is 1.45 bits per heavy atom. The Balaban J connectivity index is 1.77. The Hall–Kier alpha value is -2.22. The number of hydrogen-bond acceptors (Lipinski definition) is 6. The van der Waals surface area contributed by atoms with Gasteiger partial charge in [-0.15, -0.1) is 0 Å². The quantitative estimate of drug-likeness (QED) is 0.914. The minimum atomic E-state index is -0.310. The summed E-state index contributed by atoms with van der Waals surface area (Å²) in [7, 11) is 0. The fourth-order valence-electron chi connectivity index (χ4n) is 2.55. The van der Waals surface area contributed by atoms with E-state index in [4.69, 9.17) is 9.26 Å². The molecule has 2 aromatic heterocycles. The topological polar surface area (TPSA) is 97.1 Å². The molecule has 1 aliphatic rings. The van der Waals surface area contributed by atoms with E-state index >= 15 is 0 Å². The molecule has 0 radical (unpaired) electrons. The van der Waals surface area contributed by atoms with Crippen molar-refractivity contribution in [2.24, 2.45) is 0 Å². The van der Waals surface area contributed by atoms with Crippen molar-refractivity contribution in [1.82, 2.24) is 25.2 Å². The van der Waals surface area contributed by atoms with E-state index in [0.717, 1.165) is 12.2 Å². The summed E-state index contributed by atoms with van der Waals surface area (Å²) in [5.41, 5.74) is 1.14. The fraction of sp³-hybridized carbons (Fsp3) is 0.571. The molecule has 0 unspecified atom stereocenters. The monoisotopic (exact) mass is 305 g/mol. The summed E-state index contributed by atoms with van der Waals surface area (Å²) >= 11 is 0. The Labute approximate surface area is 127 Å². The fourth-order valence-corrected chi connectivity index (χ4v) is 2.55. The lowest BCUT2D eigenvalue weighted by Gasteiger charge is -2.31. The average molecular weight is 305 g/mol. The molecule has 8 heteroatoms. The molecule has 2 aromatic rings. The van der Waals surface area contributed by atoms with Crippen LogP contribution in [0.3, 0.4) is 0 Å². The third kappa shape index (κ3) is 2.61.